The quantitative estimate of drug-likeness (QED) is 0.837. The van der Waals surface area contributed by atoms with Gasteiger partial charge in [0.05, 0.1) is 0 Å². The lowest BCUT2D eigenvalue weighted by molar-refractivity contribution is 0.433. The molecule has 4 nitrogen and oxygen atoms in total. The second-order valence-corrected chi connectivity index (χ2v) is 6.30. The van der Waals surface area contributed by atoms with Crippen LogP contribution in [0.4, 0.5) is 5.82 Å². The SMILES string of the molecule is Cc1cc(Oc2cc(N3CCC(C)CC3)ncn2)ccc1Cl. The Labute approximate surface area is 136 Å². The molecule has 0 saturated carbocycles. The maximum atomic E-state index is 6.03. The highest BCUT2D eigenvalue weighted by atomic mass is 35.5. The van der Waals surface area contributed by atoms with Gasteiger partial charge in [-0.3, -0.25) is 0 Å². The summed E-state index contributed by atoms with van der Waals surface area (Å²) in [6.07, 6.45) is 3.97. The number of halogens is 1. The van der Waals surface area contributed by atoms with Crippen LogP contribution in [0.2, 0.25) is 5.02 Å². The van der Waals surface area contributed by atoms with E-state index < -0.39 is 0 Å². The third-order valence-electron chi connectivity index (χ3n) is 4.09. The molecule has 0 unspecified atom stereocenters. The summed E-state index contributed by atoms with van der Waals surface area (Å²) in [5.41, 5.74) is 0.985. The first-order valence-corrected chi connectivity index (χ1v) is 8.00. The first kappa shape index (κ1) is 15.1. The van der Waals surface area contributed by atoms with Crippen molar-refractivity contribution in [2.24, 2.45) is 5.92 Å². The van der Waals surface area contributed by atoms with E-state index in [9.17, 15) is 0 Å². The fourth-order valence-electron chi connectivity index (χ4n) is 2.60. The van der Waals surface area contributed by atoms with Gasteiger partial charge < -0.3 is 9.64 Å². The highest BCUT2D eigenvalue weighted by Gasteiger charge is 2.17. The number of aromatic nitrogens is 2. The molecule has 0 spiro atoms. The van der Waals surface area contributed by atoms with Gasteiger partial charge in [0.1, 0.15) is 17.9 Å². The zero-order valence-corrected chi connectivity index (χ0v) is 13.7. The first-order chi connectivity index (χ1) is 10.6. The largest absolute Gasteiger partial charge is 0.439 e. The van der Waals surface area contributed by atoms with E-state index in [-0.39, 0.29) is 0 Å². The summed E-state index contributed by atoms with van der Waals surface area (Å²) >= 11 is 6.03. The fraction of sp³-hybridized carbons (Fsp3) is 0.412. The van der Waals surface area contributed by atoms with Gasteiger partial charge in [-0.15, -0.1) is 0 Å². The summed E-state index contributed by atoms with van der Waals surface area (Å²) in [6.45, 7) is 6.33. The highest BCUT2D eigenvalue weighted by molar-refractivity contribution is 6.31. The summed E-state index contributed by atoms with van der Waals surface area (Å²) in [6, 6.07) is 7.49. The molecule has 1 saturated heterocycles. The van der Waals surface area contributed by atoms with Crippen LogP contribution in [0.25, 0.3) is 0 Å². The van der Waals surface area contributed by atoms with Gasteiger partial charge in [0.25, 0.3) is 0 Å². The molecule has 2 aromatic rings. The Morgan fingerprint density at radius 3 is 2.68 bits per heavy atom. The van der Waals surface area contributed by atoms with Crippen molar-refractivity contribution in [3.63, 3.8) is 0 Å². The van der Waals surface area contributed by atoms with Crippen LogP contribution in [-0.4, -0.2) is 23.1 Å². The monoisotopic (exact) mass is 317 g/mol. The van der Waals surface area contributed by atoms with E-state index in [0.717, 1.165) is 41.2 Å². The van der Waals surface area contributed by atoms with Crippen molar-refractivity contribution < 1.29 is 4.74 Å². The summed E-state index contributed by atoms with van der Waals surface area (Å²) in [5, 5.41) is 0.734. The summed E-state index contributed by atoms with van der Waals surface area (Å²) in [5.74, 6) is 3.03. The van der Waals surface area contributed by atoms with Gasteiger partial charge in [-0.2, -0.15) is 0 Å². The van der Waals surface area contributed by atoms with Gasteiger partial charge in [-0.25, -0.2) is 9.97 Å². The molecule has 0 bridgehead atoms. The molecule has 0 N–H and O–H groups in total. The predicted molar refractivity (Wildman–Crippen MR) is 88.9 cm³/mol. The van der Waals surface area contributed by atoms with Crippen molar-refractivity contribution in [2.45, 2.75) is 26.7 Å². The van der Waals surface area contributed by atoms with Gasteiger partial charge in [0, 0.05) is 24.2 Å². The van der Waals surface area contributed by atoms with Crippen LogP contribution in [0.3, 0.4) is 0 Å². The van der Waals surface area contributed by atoms with Crippen LogP contribution >= 0.6 is 11.6 Å². The number of hydrogen-bond acceptors (Lipinski definition) is 4. The molecule has 116 valence electrons. The molecule has 1 aliphatic rings. The highest BCUT2D eigenvalue weighted by Crippen LogP contribution is 2.27. The van der Waals surface area contributed by atoms with E-state index in [1.54, 1.807) is 6.33 Å². The number of piperidine rings is 1. The molecule has 22 heavy (non-hydrogen) atoms. The van der Waals surface area contributed by atoms with E-state index in [2.05, 4.69) is 21.8 Å². The van der Waals surface area contributed by atoms with E-state index >= 15 is 0 Å². The average Bonchev–Trinajstić information content (AvgIpc) is 2.52. The Morgan fingerprint density at radius 1 is 1.18 bits per heavy atom. The number of nitrogens with zero attached hydrogens (tertiary/aromatic N) is 3. The number of hydrogen-bond donors (Lipinski definition) is 0. The van der Waals surface area contributed by atoms with Gasteiger partial charge in [-0.05, 0) is 49.4 Å². The van der Waals surface area contributed by atoms with Crippen LogP contribution in [0, 0.1) is 12.8 Å². The lowest BCUT2D eigenvalue weighted by Crippen LogP contribution is -2.33. The minimum absolute atomic E-state index is 0.561. The Kier molecular flexibility index (Phi) is 4.48. The molecule has 0 amide bonds. The summed E-state index contributed by atoms with van der Waals surface area (Å²) in [7, 11) is 0. The molecule has 1 aliphatic heterocycles. The topological polar surface area (TPSA) is 38.2 Å². The Hall–Kier alpha value is -1.81. The van der Waals surface area contributed by atoms with E-state index in [1.165, 1.54) is 12.8 Å². The normalized spacial score (nSPS) is 15.9. The van der Waals surface area contributed by atoms with Crippen LogP contribution < -0.4 is 9.64 Å². The number of ether oxygens (including phenoxy) is 1. The molecule has 1 aromatic heterocycles. The molecule has 5 heteroatoms. The third kappa shape index (κ3) is 3.50. The molecule has 0 atom stereocenters. The Balaban J connectivity index is 1.74. The van der Waals surface area contributed by atoms with Crippen LogP contribution in [0.5, 0.6) is 11.6 Å². The smallest absolute Gasteiger partial charge is 0.224 e. The van der Waals surface area contributed by atoms with Gasteiger partial charge >= 0.3 is 0 Å². The zero-order chi connectivity index (χ0) is 15.5. The van der Waals surface area contributed by atoms with E-state index in [4.69, 9.17) is 16.3 Å². The van der Waals surface area contributed by atoms with Crippen LogP contribution in [0.15, 0.2) is 30.6 Å². The molecule has 2 heterocycles. The van der Waals surface area contributed by atoms with Crippen molar-refractivity contribution in [2.75, 3.05) is 18.0 Å². The predicted octanol–water partition coefficient (Wildman–Crippen LogP) is 4.47. The molecule has 1 fully saturated rings. The molecular weight excluding hydrogens is 298 g/mol. The molecular formula is C17H20ClN3O. The standard InChI is InChI=1S/C17H20ClN3O/c1-12-5-7-21(8-6-12)16-10-17(20-11-19-16)22-14-3-4-15(18)13(2)9-14/h3-4,9-12H,5-8H2,1-2H3. The van der Waals surface area contributed by atoms with Crippen LogP contribution in [-0.2, 0) is 0 Å². The molecule has 3 rings (SSSR count). The van der Waals surface area contributed by atoms with E-state index in [0.29, 0.717) is 5.88 Å². The van der Waals surface area contributed by atoms with Crippen molar-refractivity contribution >= 4 is 17.4 Å². The molecule has 0 aliphatic carbocycles. The van der Waals surface area contributed by atoms with Crippen molar-refractivity contribution in [3.8, 4) is 11.6 Å². The van der Waals surface area contributed by atoms with Gasteiger partial charge in [0.15, 0.2) is 0 Å². The van der Waals surface area contributed by atoms with Gasteiger partial charge in [0.2, 0.25) is 5.88 Å². The maximum Gasteiger partial charge on any atom is 0.224 e. The van der Waals surface area contributed by atoms with E-state index in [1.807, 2.05) is 31.2 Å². The summed E-state index contributed by atoms with van der Waals surface area (Å²) in [4.78, 5) is 10.9. The molecule has 0 radical (unpaired) electrons. The first-order valence-electron chi connectivity index (χ1n) is 7.63. The number of rotatable bonds is 3. The minimum atomic E-state index is 0.561. The maximum absolute atomic E-state index is 6.03. The number of benzene rings is 1. The third-order valence-corrected chi connectivity index (χ3v) is 4.51. The minimum Gasteiger partial charge on any atom is -0.439 e. The van der Waals surface area contributed by atoms with Crippen molar-refractivity contribution in [1.29, 1.82) is 0 Å². The van der Waals surface area contributed by atoms with Crippen LogP contribution in [0.1, 0.15) is 25.3 Å². The average molecular weight is 318 g/mol. The Morgan fingerprint density at radius 2 is 1.95 bits per heavy atom. The second-order valence-electron chi connectivity index (χ2n) is 5.90. The van der Waals surface area contributed by atoms with Gasteiger partial charge in [-0.1, -0.05) is 18.5 Å². The van der Waals surface area contributed by atoms with Crippen molar-refractivity contribution in [1.82, 2.24) is 9.97 Å². The lowest BCUT2D eigenvalue weighted by atomic mass is 9.99. The zero-order valence-electron chi connectivity index (χ0n) is 12.9. The Bertz CT molecular complexity index is 654. The molecule has 1 aromatic carbocycles. The fourth-order valence-corrected chi connectivity index (χ4v) is 2.72. The van der Waals surface area contributed by atoms with Crippen molar-refractivity contribution in [3.05, 3.63) is 41.2 Å². The second kappa shape index (κ2) is 6.53. The number of anilines is 1. The summed E-state index contributed by atoms with van der Waals surface area (Å²) < 4.78 is 5.83. The number of aryl methyl sites for hydroxylation is 1. The lowest BCUT2D eigenvalue weighted by Gasteiger charge is -2.31.